The first-order valence-electron chi connectivity index (χ1n) is 6.85. The lowest BCUT2D eigenvalue weighted by atomic mass is 9.99. The molecule has 112 valence electrons. The maximum atomic E-state index is 11.3. The molecule has 0 saturated carbocycles. The molecule has 0 aliphatic rings. The first-order valence-corrected chi connectivity index (χ1v) is 6.85. The molecule has 0 amide bonds. The maximum Gasteiger partial charge on any atom is 0.342 e. The molecule has 0 atom stereocenters. The molecule has 0 heterocycles. The van der Waals surface area contributed by atoms with Gasteiger partial charge in [0.05, 0.1) is 6.61 Å². The van der Waals surface area contributed by atoms with E-state index in [-0.39, 0.29) is 17.8 Å². The molecule has 0 aliphatic carbocycles. The summed E-state index contributed by atoms with van der Waals surface area (Å²) in [5.41, 5.74) is -0.0234. The van der Waals surface area contributed by atoms with Gasteiger partial charge >= 0.3 is 11.9 Å². The summed E-state index contributed by atoms with van der Waals surface area (Å²) < 4.78 is 0. The molecule has 0 rings (SSSR count). The molecule has 0 aromatic rings. The van der Waals surface area contributed by atoms with E-state index in [1.54, 1.807) is 0 Å². The van der Waals surface area contributed by atoms with Crippen LogP contribution in [0.15, 0.2) is 0 Å². The zero-order valence-electron chi connectivity index (χ0n) is 12.2. The Kier molecular flexibility index (Phi) is 9.21. The van der Waals surface area contributed by atoms with Crippen LogP contribution in [-0.2, 0) is 19.4 Å². The standard InChI is InChI=1S/C14H26O5/c1-14(2,3)11-18-19-13(17)10-8-6-4-5-7-9-12(15)16/h4-11H2,1-3H3,(H,15,16). The molecule has 0 saturated heterocycles. The first-order chi connectivity index (χ1) is 8.81. The van der Waals surface area contributed by atoms with Crippen molar-refractivity contribution in [2.45, 2.75) is 65.7 Å². The van der Waals surface area contributed by atoms with E-state index in [0.717, 1.165) is 25.7 Å². The molecule has 0 fully saturated rings. The Bertz CT molecular complexity index is 268. The number of carboxylic acids is 1. The van der Waals surface area contributed by atoms with E-state index in [4.69, 9.17) is 9.99 Å². The van der Waals surface area contributed by atoms with Gasteiger partial charge in [-0.25, -0.2) is 4.79 Å². The van der Waals surface area contributed by atoms with Crippen molar-refractivity contribution in [3.63, 3.8) is 0 Å². The number of aliphatic carboxylic acids is 1. The average Bonchev–Trinajstić information content (AvgIpc) is 2.25. The lowest BCUT2D eigenvalue weighted by molar-refractivity contribution is -0.282. The number of hydrogen-bond acceptors (Lipinski definition) is 4. The van der Waals surface area contributed by atoms with Gasteiger partial charge in [-0.2, -0.15) is 4.89 Å². The van der Waals surface area contributed by atoms with Crippen LogP contribution in [0.2, 0.25) is 0 Å². The molecule has 0 aliphatic heterocycles. The number of rotatable bonds is 10. The van der Waals surface area contributed by atoms with Crippen LogP contribution in [0, 0.1) is 5.41 Å². The summed E-state index contributed by atoms with van der Waals surface area (Å²) in [5.74, 6) is -1.09. The van der Waals surface area contributed by atoms with Crippen molar-refractivity contribution >= 4 is 11.9 Å². The van der Waals surface area contributed by atoms with E-state index < -0.39 is 5.97 Å². The zero-order chi connectivity index (χ0) is 14.7. The molecule has 0 aromatic carbocycles. The molecule has 0 radical (unpaired) electrons. The third-order valence-electron chi connectivity index (χ3n) is 2.42. The van der Waals surface area contributed by atoms with Gasteiger partial charge in [0.1, 0.15) is 0 Å². The fraction of sp³-hybridized carbons (Fsp3) is 0.857. The van der Waals surface area contributed by atoms with Gasteiger partial charge in [0.15, 0.2) is 0 Å². The van der Waals surface area contributed by atoms with E-state index in [9.17, 15) is 9.59 Å². The highest BCUT2D eigenvalue weighted by atomic mass is 17.2. The van der Waals surface area contributed by atoms with Gasteiger partial charge in [-0.05, 0) is 18.3 Å². The largest absolute Gasteiger partial charge is 0.481 e. The Labute approximate surface area is 115 Å². The smallest absolute Gasteiger partial charge is 0.342 e. The average molecular weight is 274 g/mol. The number of carbonyl (C=O) groups is 2. The maximum absolute atomic E-state index is 11.3. The molecule has 0 bridgehead atoms. The molecule has 19 heavy (non-hydrogen) atoms. The van der Waals surface area contributed by atoms with Crippen molar-refractivity contribution < 1.29 is 24.5 Å². The Hall–Kier alpha value is -1.10. The SMILES string of the molecule is CC(C)(C)COOC(=O)CCCCCCCC(=O)O. The van der Waals surface area contributed by atoms with Gasteiger partial charge in [-0.1, -0.05) is 40.0 Å². The summed E-state index contributed by atoms with van der Waals surface area (Å²) in [6.07, 6.45) is 4.78. The molecule has 0 spiro atoms. The monoisotopic (exact) mass is 274 g/mol. The van der Waals surface area contributed by atoms with Gasteiger partial charge in [-0.3, -0.25) is 9.68 Å². The lowest BCUT2D eigenvalue weighted by Gasteiger charge is -2.16. The van der Waals surface area contributed by atoms with Crippen molar-refractivity contribution in [2.24, 2.45) is 5.41 Å². The summed E-state index contributed by atoms with van der Waals surface area (Å²) in [6.45, 7) is 6.38. The van der Waals surface area contributed by atoms with Crippen molar-refractivity contribution in [3.05, 3.63) is 0 Å². The molecular weight excluding hydrogens is 248 g/mol. The number of carboxylic acid groups (broad SMARTS) is 1. The highest BCUT2D eigenvalue weighted by Gasteiger charge is 2.12. The quantitative estimate of drug-likeness (QED) is 0.376. The van der Waals surface area contributed by atoms with E-state index >= 15 is 0 Å². The molecule has 0 aromatic heterocycles. The predicted molar refractivity (Wildman–Crippen MR) is 71.5 cm³/mol. The number of hydrogen-bond donors (Lipinski definition) is 1. The lowest BCUT2D eigenvalue weighted by Crippen LogP contribution is -2.16. The number of carbonyl (C=O) groups excluding carboxylic acids is 1. The van der Waals surface area contributed by atoms with E-state index in [2.05, 4.69) is 4.89 Å². The van der Waals surface area contributed by atoms with Crippen LogP contribution in [0.1, 0.15) is 65.7 Å². The van der Waals surface area contributed by atoms with Gasteiger partial charge in [0, 0.05) is 12.8 Å². The second-order valence-corrected chi connectivity index (χ2v) is 5.94. The number of unbranched alkanes of at least 4 members (excludes halogenated alkanes) is 4. The normalized spacial score (nSPS) is 11.3. The van der Waals surface area contributed by atoms with Crippen molar-refractivity contribution in [2.75, 3.05) is 6.61 Å². The Morgan fingerprint density at radius 1 is 0.947 bits per heavy atom. The van der Waals surface area contributed by atoms with Crippen molar-refractivity contribution in [1.29, 1.82) is 0 Å². The molecule has 5 nitrogen and oxygen atoms in total. The van der Waals surface area contributed by atoms with Crippen LogP contribution in [0.5, 0.6) is 0 Å². The third kappa shape index (κ3) is 14.8. The van der Waals surface area contributed by atoms with Crippen LogP contribution in [0.4, 0.5) is 0 Å². The van der Waals surface area contributed by atoms with Gasteiger partial charge in [0.2, 0.25) is 0 Å². The van der Waals surface area contributed by atoms with E-state index in [1.165, 1.54) is 0 Å². The topological polar surface area (TPSA) is 72.8 Å². The van der Waals surface area contributed by atoms with E-state index in [0.29, 0.717) is 19.4 Å². The Morgan fingerprint density at radius 3 is 2.00 bits per heavy atom. The minimum absolute atomic E-state index is 0.0234. The third-order valence-corrected chi connectivity index (χ3v) is 2.42. The van der Waals surface area contributed by atoms with Crippen LogP contribution >= 0.6 is 0 Å². The van der Waals surface area contributed by atoms with Crippen LogP contribution in [-0.4, -0.2) is 23.7 Å². The highest BCUT2D eigenvalue weighted by molar-refractivity contribution is 5.68. The summed E-state index contributed by atoms with van der Waals surface area (Å²) in [4.78, 5) is 31.1. The highest BCUT2D eigenvalue weighted by Crippen LogP contribution is 2.13. The second-order valence-electron chi connectivity index (χ2n) is 5.94. The first kappa shape index (κ1) is 17.9. The molecule has 5 heteroatoms. The van der Waals surface area contributed by atoms with Gasteiger partial charge in [0.25, 0.3) is 0 Å². The van der Waals surface area contributed by atoms with Gasteiger partial charge < -0.3 is 5.11 Å². The summed E-state index contributed by atoms with van der Waals surface area (Å²) in [5, 5.41) is 8.45. The predicted octanol–water partition coefficient (Wildman–Crippen LogP) is 3.32. The minimum atomic E-state index is -0.750. The minimum Gasteiger partial charge on any atom is -0.481 e. The van der Waals surface area contributed by atoms with Crippen LogP contribution in [0.25, 0.3) is 0 Å². The fourth-order valence-electron chi connectivity index (χ4n) is 1.39. The zero-order valence-corrected chi connectivity index (χ0v) is 12.2. The Balaban J connectivity index is 3.32. The van der Waals surface area contributed by atoms with E-state index in [1.807, 2.05) is 20.8 Å². The second kappa shape index (κ2) is 9.78. The summed E-state index contributed by atoms with van der Waals surface area (Å²) in [6, 6.07) is 0. The fourth-order valence-corrected chi connectivity index (χ4v) is 1.39. The van der Waals surface area contributed by atoms with Crippen LogP contribution < -0.4 is 0 Å². The molecular formula is C14H26O5. The summed E-state index contributed by atoms with van der Waals surface area (Å²) in [7, 11) is 0. The van der Waals surface area contributed by atoms with Crippen molar-refractivity contribution in [3.8, 4) is 0 Å². The summed E-state index contributed by atoms with van der Waals surface area (Å²) >= 11 is 0. The van der Waals surface area contributed by atoms with Crippen molar-refractivity contribution in [1.82, 2.24) is 0 Å². The molecule has 1 N–H and O–H groups in total. The van der Waals surface area contributed by atoms with Gasteiger partial charge in [-0.15, -0.1) is 0 Å². The van der Waals surface area contributed by atoms with Crippen LogP contribution in [0.3, 0.4) is 0 Å². The Morgan fingerprint density at radius 2 is 1.47 bits per heavy atom. The molecule has 0 unspecified atom stereocenters.